The van der Waals surface area contributed by atoms with Crippen molar-refractivity contribution in [3.8, 4) is 5.88 Å². The summed E-state index contributed by atoms with van der Waals surface area (Å²) >= 11 is 1.31. The molecule has 0 radical (unpaired) electrons. The second-order valence-electron chi connectivity index (χ2n) is 11.0. The van der Waals surface area contributed by atoms with Crippen LogP contribution in [0.4, 0.5) is 5.13 Å². The number of hydrogen-bond acceptors (Lipinski definition) is 8. The summed E-state index contributed by atoms with van der Waals surface area (Å²) in [5, 5.41) is 6.93. The van der Waals surface area contributed by atoms with Crippen molar-refractivity contribution in [1.29, 1.82) is 0 Å². The van der Waals surface area contributed by atoms with Crippen molar-refractivity contribution in [2.75, 3.05) is 32.1 Å². The fourth-order valence-corrected chi connectivity index (χ4v) is 8.29. The van der Waals surface area contributed by atoms with E-state index in [0.29, 0.717) is 53.3 Å². The maximum absolute atomic E-state index is 13.7. The number of carbonyl (C=O) groups excluding carboxylic acids is 1. The molecule has 2 aliphatic rings. The molecule has 1 saturated heterocycles. The quantitative estimate of drug-likeness (QED) is 0.265. The number of nitrogens with one attached hydrogen (secondary N) is 2. The fourth-order valence-electron chi connectivity index (χ4n) is 6.00. The molecule has 1 aliphatic heterocycles. The Kier molecular flexibility index (Phi) is 8.53. The lowest BCUT2D eigenvalue weighted by Gasteiger charge is -2.33. The summed E-state index contributed by atoms with van der Waals surface area (Å²) in [6.07, 6.45) is 5.28. The maximum Gasteiger partial charge on any atom is 0.243 e. The molecule has 3 heterocycles. The minimum atomic E-state index is -3.69. The van der Waals surface area contributed by atoms with Gasteiger partial charge in [-0.15, -0.1) is 0 Å². The van der Waals surface area contributed by atoms with E-state index >= 15 is 0 Å². The number of fused-ring (bicyclic) bond motifs is 1. The molecule has 2 atom stereocenters. The third-order valence-corrected chi connectivity index (χ3v) is 11.0. The van der Waals surface area contributed by atoms with Gasteiger partial charge in [-0.25, -0.2) is 18.4 Å². The van der Waals surface area contributed by atoms with Gasteiger partial charge in [0.25, 0.3) is 0 Å². The zero-order valence-electron chi connectivity index (χ0n) is 23.5. The summed E-state index contributed by atoms with van der Waals surface area (Å²) in [5.74, 6) is 0.396. The molecule has 2 fully saturated rings. The zero-order chi connectivity index (χ0) is 29.1. The Bertz CT molecular complexity index is 1640. The molecular weight excluding hydrogens is 571 g/mol. The third-order valence-electron chi connectivity index (χ3n) is 8.29. The Morgan fingerprint density at radius 1 is 1.07 bits per heavy atom. The van der Waals surface area contributed by atoms with Crippen LogP contribution in [0.1, 0.15) is 55.2 Å². The molecule has 4 aromatic rings. The molecule has 11 heteroatoms. The highest BCUT2D eigenvalue weighted by Crippen LogP contribution is 2.36. The van der Waals surface area contributed by atoms with Gasteiger partial charge in [-0.05, 0) is 41.7 Å². The van der Waals surface area contributed by atoms with Crippen molar-refractivity contribution in [3.05, 3.63) is 77.9 Å². The summed E-state index contributed by atoms with van der Waals surface area (Å²) in [4.78, 5) is 23.6. The van der Waals surface area contributed by atoms with Crippen molar-refractivity contribution in [2.45, 2.75) is 49.0 Å². The molecule has 1 aliphatic carbocycles. The topological polar surface area (TPSA) is 114 Å². The second-order valence-corrected chi connectivity index (χ2v) is 13.9. The molecular formula is C31H35N5O4S2. The number of methoxy groups -OCH3 is 1. The SMILES string of the molecule is COc1ccc2nc(NC(=O)C(CC3CCCC3)c3ccc(S(=O)(=O)N4CCNC(c5ccccc5)C4)cc3)sc2n1. The molecule has 0 spiro atoms. The number of pyridine rings is 1. The van der Waals surface area contributed by atoms with Crippen LogP contribution in [-0.4, -0.2) is 55.3 Å². The molecule has 0 bridgehead atoms. The third kappa shape index (κ3) is 6.19. The van der Waals surface area contributed by atoms with E-state index in [-0.39, 0.29) is 16.8 Å². The normalized spacial score (nSPS) is 19.1. The number of benzene rings is 2. The molecule has 1 amide bonds. The summed E-state index contributed by atoms with van der Waals surface area (Å²) in [6.45, 7) is 1.35. The minimum absolute atomic E-state index is 0.0627. The van der Waals surface area contributed by atoms with E-state index in [1.54, 1.807) is 41.7 Å². The fraction of sp³-hybridized carbons (Fsp3) is 0.387. The number of rotatable bonds is 9. The van der Waals surface area contributed by atoms with Gasteiger partial charge in [0.15, 0.2) is 5.13 Å². The van der Waals surface area contributed by atoms with Crippen LogP contribution >= 0.6 is 11.3 Å². The van der Waals surface area contributed by atoms with E-state index in [2.05, 4.69) is 20.6 Å². The molecule has 2 unspecified atom stereocenters. The largest absolute Gasteiger partial charge is 0.481 e. The number of aromatic nitrogens is 2. The first-order valence-corrected chi connectivity index (χ1v) is 16.7. The van der Waals surface area contributed by atoms with Gasteiger partial charge in [-0.3, -0.25) is 4.79 Å². The van der Waals surface area contributed by atoms with Crippen LogP contribution in [0.15, 0.2) is 71.6 Å². The second kappa shape index (κ2) is 12.5. The predicted octanol–water partition coefficient (Wildman–Crippen LogP) is 5.34. The number of hydrogen-bond donors (Lipinski definition) is 2. The van der Waals surface area contributed by atoms with Crippen LogP contribution in [0.3, 0.4) is 0 Å². The lowest BCUT2D eigenvalue weighted by molar-refractivity contribution is -0.118. The molecule has 220 valence electrons. The Hall–Kier alpha value is -3.38. The first kappa shape index (κ1) is 28.7. The van der Waals surface area contributed by atoms with Crippen LogP contribution in [0.25, 0.3) is 10.3 Å². The van der Waals surface area contributed by atoms with E-state index < -0.39 is 15.9 Å². The molecule has 2 N–H and O–H groups in total. The highest BCUT2D eigenvalue weighted by Gasteiger charge is 2.32. The van der Waals surface area contributed by atoms with E-state index in [1.165, 1.54) is 24.2 Å². The van der Waals surface area contributed by atoms with Crippen molar-refractivity contribution >= 4 is 42.7 Å². The summed E-state index contributed by atoms with van der Waals surface area (Å²) in [6, 6.07) is 20.3. The lowest BCUT2D eigenvalue weighted by atomic mass is 9.87. The number of piperazine rings is 1. The van der Waals surface area contributed by atoms with Crippen molar-refractivity contribution in [2.24, 2.45) is 5.92 Å². The average molecular weight is 606 g/mol. The lowest BCUT2D eigenvalue weighted by Crippen LogP contribution is -2.48. The van der Waals surface area contributed by atoms with E-state index in [9.17, 15) is 13.2 Å². The number of nitrogens with zero attached hydrogens (tertiary/aromatic N) is 3. The van der Waals surface area contributed by atoms with Gasteiger partial charge in [0, 0.05) is 31.7 Å². The highest BCUT2D eigenvalue weighted by molar-refractivity contribution is 7.89. The van der Waals surface area contributed by atoms with Gasteiger partial charge < -0.3 is 15.4 Å². The monoisotopic (exact) mass is 605 g/mol. The summed E-state index contributed by atoms with van der Waals surface area (Å²) < 4.78 is 34.0. The maximum atomic E-state index is 13.7. The van der Waals surface area contributed by atoms with Crippen LogP contribution in [0.5, 0.6) is 5.88 Å². The standard InChI is InChI=1S/C31H35N5O4S2/c1-40-28-16-15-26-30(34-28)41-31(33-26)35-29(37)25(19-21-7-5-6-8-21)22-11-13-24(14-12-22)42(38,39)36-18-17-32-27(20-36)23-9-3-2-4-10-23/h2-4,9-16,21,25,27,32H,5-8,17-20H2,1H3,(H,33,35,37). The Morgan fingerprint density at radius 2 is 1.83 bits per heavy atom. The zero-order valence-corrected chi connectivity index (χ0v) is 25.2. The molecule has 2 aromatic heterocycles. The average Bonchev–Trinajstić information content (AvgIpc) is 3.69. The number of sulfonamides is 1. The Labute approximate surface area is 250 Å². The molecule has 9 nitrogen and oxygen atoms in total. The smallest absolute Gasteiger partial charge is 0.243 e. The molecule has 2 aromatic carbocycles. The van der Waals surface area contributed by atoms with Crippen molar-refractivity contribution in [3.63, 3.8) is 0 Å². The van der Waals surface area contributed by atoms with Crippen molar-refractivity contribution in [1.82, 2.24) is 19.6 Å². The van der Waals surface area contributed by atoms with Crippen LogP contribution in [0, 0.1) is 5.92 Å². The first-order chi connectivity index (χ1) is 20.4. The summed E-state index contributed by atoms with van der Waals surface area (Å²) in [7, 11) is -2.13. The van der Waals surface area contributed by atoms with Crippen LogP contribution in [0.2, 0.25) is 0 Å². The molecule has 1 saturated carbocycles. The Morgan fingerprint density at radius 3 is 2.57 bits per heavy atom. The Balaban J connectivity index is 1.21. The van der Waals surface area contributed by atoms with Gasteiger partial charge in [0.1, 0.15) is 10.3 Å². The summed E-state index contributed by atoms with van der Waals surface area (Å²) in [5.41, 5.74) is 2.57. The van der Waals surface area contributed by atoms with Crippen LogP contribution < -0.4 is 15.4 Å². The number of amides is 1. The van der Waals surface area contributed by atoms with E-state index in [1.807, 2.05) is 36.4 Å². The number of thiazole rings is 1. The number of ether oxygens (including phenoxy) is 1. The van der Waals surface area contributed by atoms with Gasteiger partial charge >= 0.3 is 0 Å². The molecule has 6 rings (SSSR count). The first-order valence-electron chi connectivity index (χ1n) is 14.4. The van der Waals surface area contributed by atoms with E-state index in [0.717, 1.165) is 24.0 Å². The van der Waals surface area contributed by atoms with Gasteiger partial charge in [-0.1, -0.05) is 79.5 Å². The number of anilines is 1. The van der Waals surface area contributed by atoms with Crippen molar-refractivity contribution < 1.29 is 17.9 Å². The van der Waals surface area contributed by atoms with E-state index in [4.69, 9.17) is 4.74 Å². The van der Waals surface area contributed by atoms with Gasteiger partial charge in [0.2, 0.25) is 21.8 Å². The predicted molar refractivity (Wildman–Crippen MR) is 164 cm³/mol. The minimum Gasteiger partial charge on any atom is -0.481 e. The highest BCUT2D eigenvalue weighted by atomic mass is 32.2. The van der Waals surface area contributed by atoms with Gasteiger partial charge in [-0.2, -0.15) is 4.31 Å². The van der Waals surface area contributed by atoms with Gasteiger partial charge in [0.05, 0.1) is 17.9 Å². The van der Waals surface area contributed by atoms with Crippen LogP contribution in [-0.2, 0) is 14.8 Å². The molecule has 42 heavy (non-hydrogen) atoms. The number of carbonyl (C=O) groups is 1.